The van der Waals surface area contributed by atoms with Gasteiger partial charge in [-0.2, -0.15) is 0 Å². The van der Waals surface area contributed by atoms with Crippen LogP contribution in [-0.4, -0.2) is 9.13 Å². The Kier molecular flexibility index (Phi) is 5.65. The Hall–Kier alpha value is -6.62. The average Bonchev–Trinajstić information content (AvgIpc) is 3.93. The van der Waals surface area contributed by atoms with Gasteiger partial charge in [-0.05, 0) is 90.0 Å². The third kappa shape index (κ3) is 3.90. The molecular formula is C48H28N2OS. The number of fused-ring (bicyclic) bond motifs is 12. The molecule has 0 atom stereocenters. The lowest BCUT2D eigenvalue weighted by molar-refractivity contribution is 0.669. The second-order valence-electron chi connectivity index (χ2n) is 13.7. The number of rotatable bonds is 3. The van der Waals surface area contributed by atoms with Crippen LogP contribution in [0.1, 0.15) is 0 Å². The summed E-state index contributed by atoms with van der Waals surface area (Å²) in [6.45, 7) is 0. The second-order valence-corrected chi connectivity index (χ2v) is 14.8. The van der Waals surface area contributed by atoms with E-state index in [-0.39, 0.29) is 0 Å². The van der Waals surface area contributed by atoms with Crippen LogP contribution in [-0.2, 0) is 0 Å². The Morgan fingerprint density at radius 2 is 0.942 bits per heavy atom. The Bertz CT molecular complexity index is 3400. The van der Waals surface area contributed by atoms with Crippen LogP contribution < -0.4 is 0 Å². The van der Waals surface area contributed by atoms with E-state index in [0.29, 0.717) is 0 Å². The van der Waals surface area contributed by atoms with E-state index in [0.717, 1.165) is 27.6 Å². The Morgan fingerprint density at radius 1 is 0.327 bits per heavy atom. The topological polar surface area (TPSA) is 23.0 Å². The van der Waals surface area contributed by atoms with Crippen LogP contribution in [0.2, 0.25) is 0 Å². The minimum atomic E-state index is 0.914. The Labute approximate surface area is 301 Å². The molecular weight excluding hydrogens is 653 g/mol. The molecule has 0 spiro atoms. The van der Waals surface area contributed by atoms with E-state index in [1.54, 1.807) is 0 Å². The van der Waals surface area contributed by atoms with Gasteiger partial charge in [0.1, 0.15) is 11.2 Å². The summed E-state index contributed by atoms with van der Waals surface area (Å²) >= 11 is 1.87. The molecule has 4 aromatic heterocycles. The number of para-hydroxylation sites is 3. The van der Waals surface area contributed by atoms with E-state index < -0.39 is 0 Å². The first-order chi connectivity index (χ1) is 25.8. The molecule has 0 aliphatic heterocycles. The number of benzene rings is 8. The maximum absolute atomic E-state index is 6.36. The van der Waals surface area contributed by atoms with Gasteiger partial charge in [-0.3, -0.25) is 0 Å². The van der Waals surface area contributed by atoms with Crippen LogP contribution in [0.5, 0.6) is 0 Å². The third-order valence-electron chi connectivity index (χ3n) is 10.9. The molecule has 8 aromatic carbocycles. The molecule has 3 nitrogen and oxygen atoms in total. The molecule has 0 saturated carbocycles. The molecule has 0 aliphatic carbocycles. The van der Waals surface area contributed by atoms with Crippen molar-refractivity contribution in [1.82, 2.24) is 9.13 Å². The fourth-order valence-electron chi connectivity index (χ4n) is 8.54. The van der Waals surface area contributed by atoms with E-state index in [4.69, 9.17) is 4.42 Å². The largest absolute Gasteiger partial charge is 0.456 e. The third-order valence-corrected chi connectivity index (χ3v) is 12.0. The molecule has 12 aromatic rings. The van der Waals surface area contributed by atoms with Gasteiger partial charge in [-0.1, -0.05) is 91.0 Å². The number of hydrogen-bond donors (Lipinski definition) is 0. The van der Waals surface area contributed by atoms with E-state index in [1.165, 1.54) is 80.6 Å². The molecule has 52 heavy (non-hydrogen) atoms. The summed E-state index contributed by atoms with van der Waals surface area (Å²) in [6.07, 6.45) is 0. The highest BCUT2D eigenvalue weighted by molar-refractivity contribution is 7.25. The first kappa shape index (κ1) is 28.1. The molecule has 0 N–H and O–H groups in total. The fraction of sp³-hybridized carbons (Fsp3) is 0. The van der Waals surface area contributed by atoms with Crippen molar-refractivity contribution in [2.45, 2.75) is 0 Å². The summed E-state index contributed by atoms with van der Waals surface area (Å²) in [7, 11) is 0. The van der Waals surface area contributed by atoms with Crippen molar-refractivity contribution in [2.24, 2.45) is 0 Å². The number of nitrogens with zero attached hydrogens (tertiary/aromatic N) is 2. The molecule has 0 bridgehead atoms. The SMILES string of the molecule is c1ccc(-n2c3ccc(-c4ccc5c6cc7oc8ccccc8c7cc6n(-c6ccccc6)c5c4)cc3c3cc4c(cc32)sc2ccccc24)cc1. The smallest absolute Gasteiger partial charge is 0.136 e. The number of aromatic nitrogens is 2. The lowest BCUT2D eigenvalue weighted by atomic mass is 10.0. The zero-order valence-corrected chi connectivity index (χ0v) is 28.7. The maximum Gasteiger partial charge on any atom is 0.136 e. The number of furan rings is 1. The van der Waals surface area contributed by atoms with Crippen LogP contribution in [0.25, 0.3) is 108 Å². The van der Waals surface area contributed by atoms with E-state index >= 15 is 0 Å². The average molecular weight is 681 g/mol. The van der Waals surface area contributed by atoms with Crippen molar-refractivity contribution in [3.8, 4) is 22.5 Å². The summed E-state index contributed by atoms with van der Waals surface area (Å²) in [6, 6.07) is 61.8. The highest BCUT2D eigenvalue weighted by atomic mass is 32.1. The predicted octanol–water partition coefficient (Wildman–Crippen LogP) is 13.8. The van der Waals surface area contributed by atoms with E-state index in [2.05, 4.69) is 173 Å². The van der Waals surface area contributed by atoms with Crippen molar-refractivity contribution in [2.75, 3.05) is 0 Å². The zero-order valence-electron chi connectivity index (χ0n) is 27.9. The van der Waals surface area contributed by atoms with Crippen LogP contribution >= 0.6 is 11.3 Å². The minimum absolute atomic E-state index is 0.914. The van der Waals surface area contributed by atoms with Gasteiger partial charge in [0.05, 0.1) is 22.1 Å². The van der Waals surface area contributed by atoms with Gasteiger partial charge >= 0.3 is 0 Å². The lowest BCUT2D eigenvalue weighted by Crippen LogP contribution is -1.93. The lowest BCUT2D eigenvalue weighted by Gasteiger charge is -2.10. The summed E-state index contributed by atoms with van der Waals surface area (Å²) < 4.78 is 13.8. The number of hydrogen-bond acceptors (Lipinski definition) is 2. The highest BCUT2D eigenvalue weighted by Crippen LogP contribution is 2.43. The molecule has 12 rings (SSSR count). The highest BCUT2D eigenvalue weighted by Gasteiger charge is 2.19. The van der Waals surface area contributed by atoms with Crippen molar-refractivity contribution in [3.63, 3.8) is 0 Å². The molecule has 0 aliphatic rings. The monoisotopic (exact) mass is 680 g/mol. The van der Waals surface area contributed by atoms with Crippen LogP contribution in [0.15, 0.2) is 174 Å². The van der Waals surface area contributed by atoms with Crippen LogP contribution in [0.4, 0.5) is 0 Å². The van der Waals surface area contributed by atoms with Gasteiger partial charge in [0, 0.05) is 63.9 Å². The first-order valence-electron chi connectivity index (χ1n) is 17.7. The summed E-state index contributed by atoms with van der Waals surface area (Å²) in [5.74, 6) is 0. The normalized spacial score (nSPS) is 12.2. The van der Waals surface area contributed by atoms with Gasteiger partial charge in [0.25, 0.3) is 0 Å². The van der Waals surface area contributed by atoms with Gasteiger partial charge in [-0.15, -0.1) is 11.3 Å². The molecule has 0 unspecified atom stereocenters. The molecule has 0 radical (unpaired) electrons. The molecule has 242 valence electrons. The predicted molar refractivity (Wildman–Crippen MR) is 221 cm³/mol. The van der Waals surface area contributed by atoms with Crippen molar-refractivity contribution < 1.29 is 4.42 Å². The Balaban J connectivity index is 1.13. The van der Waals surface area contributed by atoms with Crippen molar-refractivity contribution in [1.29, 1.82) is 0 Å². The number of thiophene rings is 1. The summed E-state index contributed by atoms with van der Waals surface area (Å²) in [4.78, 5) is 0. The van der Waals surface area contributed by atoms with E-state index in [9.17, 15) is 0 Å². The van der Waals surface area contributed by atoms with Gasteiger partial charge in [0.15, 0.2) is 0 Å². The van der Waals surface area contributed by atoms with Crippen molar-refractivity contribution >= 4 is 97.1 Å². The Morgan fingerprint density at radius 3 is 1.77 bits per heavy atom. The fourth-order valence-corrected chi connectivity index (χ4v) is 9.66. The summed E-state index contributed by atoms with van der Waals surface area (Å²) in [5.41, 5.74) is 11.3. The van der Waals surface area contributed by atoms with Crippen LogP contribution in [0, 0.1) is 0 Å². The quantitative estimate of drug-likeness (QED) is 0.182. The molecule has 0 amide bonds. The first-order valence-corrected chi connectivity index (χ1v) is 18.5. The second kappa shape index (κ2) is 10.5. The zero-order chi connectivity index (χ0) is 33.9. The maximum atomic E-state index is 6.36. The molecule has 4 heterocycles. The van der Waals surface area contributed by atoms with Gasteiger partial charge in [-0.25, -0.2) is 0 Å². The van der Waals surface area contributed by atoms with Crippen molar-refractivity contribution in [3.05, 3.63) is 170 Å². The molecule has 0 fully saturated rings. The standard InChI is InChI=1S/C48H28N2OS/c1-3-11-31(12-4-1)49-41-22-20-29(23-36(41)37-25-40-35-16-8-10-18-47(35)52-48(40)28-44(37)49)30-19-21-33-38-27-46-39(34-15-7-9-17-45(34)51-46)26-43(38)50(42(33)24-30)32-13-5-2-6-14-32/h1-28H. The van der Waals surface area contributed by atoms with Crippen LogP contribution in [0.3, 0.4) is 0 Å². The summed E-state index contributed by atoms with van der Waals surface area (Å²) in [5, 5.41) is 9.83. The van der Waals surface area contributed by atoms with Gasteiger partial charge in [0.2, 0.25) is 0 Å². The molecule has 4 heteroatoms. The van der Waals surface area contributed by atoms with Gasteiger partial charge < -0.3 is 13.6 Å². The van der Waals surface area contributed by atoms with E-state index in [1.807, 2.05) is 17.4 Å². The molecule has 0 saturated heterocycles. The minimum Gasteiger partial charge on any atom is -0.456 e.